The molecule has 1 aliphatic heterocycles. The fraction of sp³-hybridized carbons (Fsp3) is 0.368. The van der Waals surface area contributed by atoms with E-state index in [1.165, 1.54) is 0 Å². The minimum atomic E-state index is -0.481. The lowest BCUT2D eigenvalue weighted by Gasteiger charge is -2.26. The molecule has 1 aliphatic rings. The Bertz CT molecular complexity index is 673. The van der Waals surface area contributed by atoms with Gasteiger partial charge in [0.15, 0.2) is 0 Å². The van der Waals surface area contributed by atoms with Crippen molar-refractivity contribution in [3.8, 4) is 5.75 Å². The SMILES string of the molecule is COc1ccc(CC(=O)N2CC[C@@H](O)[C@@H]2Cc2cccnc2)cc1. The van der Waals surface area contributed by atoms with Gasteiger partial charge in [0.05, 0.1) is 25.7 Å². The molecule has 0 saturated carbocycles. The first-order valence-electron chi connectivity index (χ1n) is 8.17. The molecule has 0 aliphatic carbocycles. The Morgan fingerprint density at radius 1 is 1.29 bits per heavy atom. The molecule has 0 spiro atoms. The van der Waals surface area contributed by atoms with Crippen LogP contribution in [0.15, 0.2) is 48.8 Å². The second-order valence-electron chi connectivity index (χ2n) is 6.10. The van der Waals surface area contributed by atoms with Crippen LogP contribution in [0.3, 0.4) is 0 Å². The minimum absolute atomic E-state index is 0.0469. The number of likely N-dealkylation sites (tertiary alicyclic amines) is 1. The van der Waals surface area contributed by atoms with Crippen LogP contribution in [0, 0.1) is 0 Å². The molecule has 24 heavy (non-hydrogen) atoms. The van der Waals surface area contributed by atoms with Crippen LogP contribution >= 0.6 is 0 Å². The van der Waals surface area contributed by atoms with Gasteiger partial charge in [0, 0.05) is 18.9 Å². The van der Waals surface area contributed by atoms with E-state index in [1.54, 1.807) is 19.5 Å². The molecule has 1 aromatic carbocycles. The molecule has 5 heteroatoms. The number of aliphatic hydroxyl groups is 1. The van der Waals surface area contributed by atoms with Gasteiger partial charge in [-0.15, -0.1) is 0 Å². The van der Waals surface area contributed by atoms with Crippen molar-refractivity contribution in [1.29, 1.82) is 0 Å². The number of carbonyl (C=O) groups is 1. The number of carbonyl (C=O) groups excluding carboxylic acids is 1. The van der Waals surface area contributed by atoms with E-state index in [0.29, 0.717) is 25.8 Å². The van der Waals surface area contributed by atoms with Crippen LogP contribution < -0.4 is 4.74 Å². The highest BCUT2D eigenvalue weighted by atomic mass is 16.5. The zero-order chi connectivity index (χ0) is 16.9. The van der Waals surface area contributed by atoms with Gasteiger partial charge >= 0.3 is 0 Å². The number of benzene rings is 1. The lowest BCUT2D eigenvalue weighted by atomic mass is 10.0. The Morgan fingerprint density at radius 2 is 2.08 bits per heavy atom. The Morgan fingerprint density at radius 3 is 2.75 bits per heavy atom. The third-order valence-electron chi connectivity index (χ3n) is 4.51. The predicted molar refractivity (Wildman–Crippen MR) is 90.8 cm³/mol. The van der Waals surface area contributed by atoms with Gasteiger partial charge in [-0.05, 0) is 42.2 Å². The lowest BCUT2D eigenvalue weighted by molar-refractivity contribution is -0.132. The van der Waals surface area contributed by atoms with Gasteiger partial charge in [0.1, 0.15) is 5.75 Å². The number of rotatable bonds is 5. The van der Waals surface area contributed by atoms with Crippen molar-refractivity contribution in [2.45, 2.75) is 31.4 Å². The maximum absolute atomic E-state index is 12.7. The standard InChI is InChI=1S/C19H22N2O3/c1-24-16-6-4-14(5-7-16)12-19(23)21-10-8-18(22)17(21)11-15-3-2-9-20-13-15/h2-7,9,13,17-18,22H,8,10-12H2,1H3/t17-,18+/m0/s1. The summed E-state index contributed by atoms with van der Waals surface area (Å²) >= 11 is 0. The monoisotopic (exact) mass is 326 g/mol. The first-order valence-corrected chi connectivity index (χ1v) is 8.17. The molecule has 0 bridgehead atoms. The van der Waals surface area contributed by atoms with Crippen LogP contribution in [-0.4, -0.2) is 46.7 Å². The molecular formula is C19H22N2O3. The second kappa shape index (κ2) is 7.45. The molecule has 1 aromatic heterocycles. The normalized spacial score (nSPS) is 20.2. The van der Waals surface area contributed by atoms with E-state index in [-0.39, 0.29) is 11.9 Å². The zero-order valence-electron chi connectivity index (χ0n) is 13.8. The summed E-state index contributed by atoms with van der Waals surface area (Å²) < 4.78 is 5.14. The number of aliphatic hydroxyl groups excluding tert-OH is 1. The molecule has 3 rings (SSSR count). The topological polar surface area (TPSA) is 62.7 Å². The highest BCUT2D eigenvalue weighted by molar-refractivity contribution is 5.79. The van der Waals surface area contributed by atoms with Gasteiger partial charge in [-0.25, -0.2) is 0 Å². The molecular weight excluding hydrogens is 304 g/mol. The number of hydrogen-bond donors (Lipinski definition) is 1. The molecule has 2 aromatic rings. The molecule has 1 N–H and O–H groups in total. The van der Waals surface area contributed by atoms with Crippen LogP contribution in [0.2, 0.25) is 0 Å². The number of pyridine rings is 1. The van der Waals surface area contributed by atoms with Crippen molar-refractivity contribution in [3.63, 3.8) is 0 Å². The van der Waals surface area contributed by atoms with E-state index in [1.807, 2.05) is 41.3 Å². The summed E-state index contributed by atoms with van der Waals surface area (Å²) in [4.78, 5) is 18.6. The Kier molecular flexibility index (Phi) is 5.11. The molecule has 2 heterocycles. The maximum atomic E-state index is 12.7. The summed E-state index contributed by atoms with van der Waals surface area (Å²) in [6.45, 7) is 0.598. The first kappa shape index (κ1) is 16.5. The van der Waals surface area contributed by atoms with E-state index < -0.39 is 6.10 Å². The number of aromatic nitrogens is 1. The summed E-state index contributed by atoms with van der Waals surface area (Å²) in [5.74, 6) is 0.822. The summed E-state index contributed by atoms with van der Waals surface area (Å²) in [6, 6.07) is 11.2. The fourth-order valence-electron chi connectivity index (χ4n) is 3.17. The molecule has 1 amide bonds. The molecule has 0 radical (unpaired) electrons. The van der Waals surface area contributed by atoms with Crippen molar-refractivity contribution in [1.82, 2.24) is 9.88 Å². The van der Waals surface area contributed by atoms with Crippen LogP contribution in [0.5, 0.6) is 5.75 Å². The van der Waals surface area contributed by atoms with E-state index in [0.717, 1.165) is 16.9 Å². The highest BCUT2D eigenvalue weighted by Crippen LogP contribution is 2.23. The summed E-state index contributed by atoms with van der Waals surface area (Å²) in [6.07, 6.45) is 4.62. The third kappa shape index (κ3) is 3.74. The molecule has 1 fully saturated rings. The van der Waals surface area contributed by atoms with E-state index >= 15 is 0 Å². The number of amides is 1. The van der Waals surface area contributed by atoms with E-state index in [2.05, 4.69) is 4.98 Å². The first-order chi connectivity index (χ1) is 11.7. The summed E-state index contributed by atoms with van der Waals surface area (Å²) in [7, 11) is 1.62. The Balaban J connectivity index is 1.68. The maximum Gasteiger partial charge on any atom is 0.227 e. The van der Waals surface area contributed by atoms with Crippen molar-refractivity contribution in [2.24, 2.45) is 0 Å². The largest absolute Gasteiger partial charge is 0.497 e. The van der Waals surface area contributed by atoms with Crippen molar-refractivity contribution in [3.05, 3.63) is 59.9 Å². The zero-order valence-corrected chi connectivity index (χ0v) is 13.8. The van der Waals surface area contributed by atoms with Gasteiger partial charge < -0.3 is 14.7 Å². The highest BCUT2D eigenvalue weighted by Gasteiger charge is 2.35. The average Bonchev–Trinajstić information content (AvgIpc) is 2.97. The average molecular weight is 326 g/mol. The number of nitrogens with zero attached hydrogens (tertiary/aromatic N) is 2. The number of hydrogen-bond acceptors (Lipinski definition) is 4. The van der Waals surface area contributed by atoms with E-state index in [9.17, 15) is 9.90 Å². The Hall–Kier alpha value is -2.40. The smallest absolute Gasteiger partial charge is 0.227 e. The van der Waals surface area contributed by atoms with Crippen LogP contribution in [0.25, 0.3) is 0 Å². The quantitative estimate of drug-likeness (QED) is 0.911. The molecule has 0 unspecified atom stereocenters. The van der Waals surface area contributed by atoms with Crippen LogP contribution in [-0.2, 0) is 17.6 Å². The van der Waals surface area contributed by atoms with Crippen molar-refractivity contribution >= 4 is 5.91 Å². The molecule has 2 atom stereocenters. The number of methoxy groups -OCH3 is 1. The van der Waals surface area contributed by atoms with Gasteiger partial charge in [0.25, 0.3) is 0 Å². The van der Waals surface area contributed by atoms with Gasteiger partial charge in [-0.2, -0.15) is 0 Å². The molecule has 126 valence electrons. The minimum Gasteiger partial charge on any atom is -0.497 e. The van der Waals surface area contributed by atoms with E-state index in [4.69, 9.17) is 4.74 Å². The van der Waals surface area contributed by atoms with Gasteiger partial charge in [-0.1, -0.05) is 18.2 Å². The van der Waals surface area contributed by atoms with Gasteiger partial charge in [0.2, 0.25) is 5.91 Å². The molecule has 5 nitrogen and oxygen atoms in total. The number of ether oxygens (including phenoxy) is 1. The van der Waals surface area contributed by atoms with Crippen LogP contribution in [0.1, 0.15) is 17.5 Å². The molecule has 1 saturated heterocycles. The third-order valence-corrected chi connectivity index (χ3v) is 4.51. The second-order valence-corrected chi connectivity index (χ2v) is 6.10. The summed E-state index contributed by atoms with van der Waals surface area (Å²) in [5, 5.41) is 10.3. The van der Waals surface area contributed by atoms with Crippen LogP contribution in [0.4, 0.5) is 0 Å². The van der Waals surface area contributed by atoms with Crippen molar-refractivity contribution in [2.75, 3.05) is 13.7 Å². The van der Waals surface area contributed by atoms with Crippen molar-refractivity contribution < 1.29 is 14.6 Å². The Labute approximate surface area is 141 Å². The van der Waals surface area contributed by atoms with Gasteiger partial charge in [-0.3, -0.25) is 9.78 Å². The lowest BCUT2D eigenvalue weighted by Crippen LogP contribution is -2.41. The summed E-state index contributed by atoms with van der Waals surface area (Å²) in [5.41, 5.74) is 1.98. The fourth-order valence-corrected chi connectivity index (χ4v) is 3.17. The predicted octanol–water partition coefficient (Wildman–Crippen LogP) is 1.84.